The van der Waals surface area contributed by atoms with Crippen LogP contribution in [0, 0.1) is 12.3 Å². The number of carbonyl (C=O) groups is 2. The molecule has 0 radical (unpaired) electrons. The van der Waals surface area contributed by atoms with E-state index in [1.54, 1.807) is 12.1 Å². The van der Waals surface area contributed by atoms with Crippen molar-refractivity contribution >= 4 is 38.9 Å². The molecular formula is C30H27BrN2O3. The number of hydrogen-bond acceptors (Lipinski definition) is 5. The van der Waals surface area contributed by atoms with Crippen LogP contribution in [0.15, 0.2) is 88.5 Å². The number of anilines is 2. The molecule has 3 aromatic carbocycles. The Bertz CT molecular complexity index is 1460. The van der Waals surface area contributed by atoms with Gasteiger partial charge in [-0.15, -0.1) is 0 Å². The largest absolute Gasteiger partial charge is 0.373 e. The number of nitrogens with one attached hydrogen (secondary N) is 1. The lowest BCUT2D eigenvalue weighted by atomic mass is 9.71. The van der Waals surface area contributed by atoms with Crippen LogP contribution in [0.25, 0.3) is 0 Å². The fourth-order valence-corrected chi connectivity index (χ4v) is 6.48. The first-order valence-corrected chi connectivity index (χ1v) is 12.9. The van der Waals surface area contributed by atoms with Gasteiger partial charge in [-0.2, -0.15) is 0 Å². The van der Waals surface area contributed by atoms with Gasteiger partial charge in [-0.05, 0) is 55.2 Å². The van der Waals surface area contributed by atoms with E-state index in [0.717, 1.165) is 21.4 Å². The molecular weight excluding hydrogens is 516 g/mol. The van der Waals surface area contributed by atoms with Gasteiger partial charge in [0.05, 0.1) is 5.57 Å². The number of aliphatic hydroxyl groups is 1. The number of rotatable bonds is 3. The third kappa shape index (κ3) is 2.98. The molecule has 3 aromatic rings. The first-order chi connectivity index (χ1) is 17.1. The van der Waals surface area contributed by atoms with Crippen molar-refractivity contribution < 1.29 is 14.7 Å². The summed E-state index contributed by atoms with van der Waals surface area (Å²) in [5, 5.41) is 16.2. The van der Waals surface area contributed by atoms with Gasteiger partial charge in [0, 0.05) is 39.1 Å². The van der Waals surface area contributed by atoms with E-state index in [-0.39, 0.29) is 23.2 Å². The van der Waals surface area contributed by atoms with Crippen LogP contribution < -0.4 is 10.2 Å². The molecule has 0 amide bonds. The number of benzene rings is 3. The van der Waals surface area contributed by atoms with Crippen molar-refractivity contribution in [3.63, 3.8) is 0 Å². The second-order valence-electron chi connectivity index (χ2n) is 10.9. The van der Waals surface area contributed by atoms with E-state index in [1.165, 1.54) is 0 Å². The number of hydrogen-bond donors (Lipinski definition) is 2. The summed E-state index contributed by atoms with van der Waals surface area (Å²) in [5.74, 6) is -0.626. The number of fused-ring (bicyclic) bond motifs is 4. The van der Waals surface area contributed by atoms with Gasteiger partial charge in [0.2, 0.25) is 11.4 Å². The van der Waals surface area contributed by atoms with E-state index >= 15 is 0 Å². The Morgan fingerprint density at radius 2 is 1.58 bits per heavy atom. The third-order valence-corrected chi connectivity index (χ3v) is 8.22. The third-order valence-electron chi connectivity index (χ3n) is 7.69. The lowest BCUT2D eigenvalue weighted by molar-refractivity contribution is -0.120. The average Bonchev–Trinajstić information content (AvgIpc) is 3.15. The van der Waals surface area contributed by atoms with E-state index < -0.39 is 17.0 Å². The van der Waals surface area contributed by atoms with E-state index in [4.69, 9.17) is 0 Å². The maximum Gasteiger partial charge on any atom is 0.204 e. The molecule has 36 heavy (non-hydrogen) atoms. The summed E-state index contributed by atoms with van der Waals surface area (Å²) in [4.78, 5) is 29.9. The van der Waals surface area contributed by atoms with Gasteiger partial charge in [0.15, 0.2) is 11.4 Å². The monoisotopic (exact) mass is 542 g/mol. The zero-order chi connectivity index (χ0) is 25.5. The van der Waals surface area contributed by atoms with Gasteiger partial charge in [-0.25, -0.2) is 0 Å². The lowest BCUT2D eigenvalue weighted by Crippen LogP contribution is -2.62. The quantitative estimate of drug-likeness (QED) is 0.417. The first-order valence-electron chi connectivity index (χ1n) is 12.1. The SMILES string of the molecule is Cc1ccc(N2C3=C(C(=O)CC(C)(C)C3)[C@]3(O)C(=O)c4ccccc4[C@]23Nc2ccc(Br)cc2)cc1. The second kappa shape index (κ2) is 7.64. The highest BCUT2D eigenvalue weighted by Crippen LogP contribution is 2.62. The van der Waals surface area contributed by atoms with Gasteiger partial charge < -0.3 is 15.3 Å². The molecule has 1 heterocycles. The van der Waals surface area contributed by atoms with Crippen LogP contribution in [0.3, 0.4) is 0 Å². The molecule has 0 bridgehead atoms. The summed E-state index contributed by atoms with van der Waals surface area (Å²) in [7, 11) is 0. The van der Waals surface area contributed by atoms with Gasteiger partial charge >= 0.3 is 0 Å². The van der Waals surface area contributed by atoms with Crippen molar-refractivity contribution in [1.82, 2.24) is 0 Å². The minimum absolute atomic E-state index is 0.179. The fraction of sp³-hybridized carbons (Fsp3) is 0.267. The van der Waals surface area contributed by atoms with Crippen LogP contribution in [0.4, 0.5) is 11.4 Å². The van der Waals surface area contributed by atoms with Crippen molar-refractivity contribution in [3.05, 3.63) is 105 Å². The number of ketones is 2. The Labute approximate surface area is 219 Å². The average molecular weight is 543 g/mol. The summed E-state index contributed by atoms with van der Waals surface area (Å²) in [6.45, 7) is 6.14. The topological polar surface area (TPSA) is 69.6 Å². The normalized spacial score (nSPS) is 26.1. The van der Waals surface area contributed by atoms with Gasteiger partial charge in [-0.3, -0.25) is 9.59 Å². The van der Waals surface area contributed by atoms with Gasteiger partial charge in [-0.1, -0.05) is 71.7 Å². The Kier molecular flexibility index (Phi) is 4.92. The van der Waals surface area contributed by atoms with E-state index in [9.17, 15) is 14.7 Å². The summed E-state index contributed by atoms with van der Waals surface area (Å²) in [6, 6.07) is 22.9. The van der Waals surface area contributed by atoms with Crippen LogP contribution in [0.5, 0.6) is 0 Å². The van der Waals surface area contributed by atoms with E-state index in [2.05, 4.69) is 35.1 Å². The molecule has 1 aliphatic heterocycles. The zero-order valence-corrected chi connectivity index (χ0v) is 22.0. The fourth-order valence-electron chi connectivity index (χ4n) is 6.22. The van der Waals surface area contributed by atoms with Crippen molar-refractivity contribution in [2.75, 3.05) is 10.2 Å². The molecule has 0 aromatic heterocycles. The predicted molar refractivity (Wildman–Crippen MR) is 144 cm³/mol. The van der Waals surface area contributed by atoms with Crippen LogP contribution in [-0.2, 0) is 10.5 Å². The highest BCUT2D eigenvalue weighted by Gasteiger charge is 2.74. The summed E-state index contributed by atoms with van der Waals surface area (Å²) >= 11 is 3.49. The minimum atomic E-state index is -2.09. The Hall–Kier alpha value is -3.22. The molecule has 5 nitrogen and oxygen atoms in total. The lowest BCUT2D eigenvalue weighted by Gasteiger charge is -2.46. The molecule has 3 aliphatic rings. The van der Waals surface area contributed by atoms with Crippen LogP contribution in [0.2, 0.25) is 0 Å². The van der Waals surface area contributed by atoms with Crippen LogP contribution in [-0.4, -0.2) is 22.3 Å². The number of allylic oxidation sites excluding steroid dienone is 1. The number of aryl methyl sites for hydroxylation is 1. The minimum Gasteiger partial charge on any atom is -0.373 e. The molecule has 2 atom stereocenters. The molecule has 6 rings (SSSR count). The molecule has 0 spiro atoms. The molecule has 182 valence electrons. The van der Waals surface area contributed by atoms with E-state index in [1.807, 2.05) is 72.5 Å². The highest BCUT2D eigenvalue weighted by atomic mass is 79.9. The van der Waals surface area contributed by atoms with Crippen molar-refractivity contribution in [2.45, 2.75) is 44.9 Å². The smallest absolute Gasteiger partial charge is 0.204 e. The predicted octanol–water partition coefficient (Wildman–Crippen LogP) is 6.11. The number of Topliss-reactive ketones (excluding diaryl/α,β-unsaturated/α-hetero) is 2. The summed E-state index contributed by atoms with van der Waals surface area (Å²) in [5.41, 5.74) is 0.806. The van der Waals surface area contributed by atoms with Crippen LogP contribution in [0.1, 0.15) is 48.2 Å². The maximum absolute atomic E-state index is 14.1. The molecule has 0 saturated heterocycles. The maximum atomic E-state index is 14.1. The Balaban J connectivity index is 1.71. The van der Waals surface area contributed by atoms with Crippen molar-refractivity contribution in [3.8, 4) is 0 Å². The standard InChI is InChI=1S/C30H27BrN2O3/c1-18-8-14-21(15-9-18)33-24-16-28(2,3)17-25(34)26(24)29(36)27(35)22-6-4-5-7-23(22)30(29,33)32-20-12-10-19(31)11-13-20/h4-15,32,36H,16-17H2,1-3H3/t29-,30-/m0/s1. The Morgan fingerprint density at radius 3 is 2.28 bits per heavy atom. The van der Waals surface area contributed by atoms with Crippen molar-refractivity contribution in [2.24, 2.45) is 5.41 Å². The molecule has 2 aliphatic carbocycles. The number of carbonyl (C=O) groups excluding carboxylic acids is 2. The molecule has 2 N–H and O–H groups in total. The summed E-state index contributed by atoms with van der Waals surface area (Å²) < 4.78 is 0.917. The molecule has 0 saturated carbocycles. The number of halogens is 1. The molecule has 0 fully saturated rings. The second-order valence-corrected chi connectivity index (χ2v) is 11.8. The molecule has 6 heteroatoms. The Morgan fingerprint density at radius 1 is 0.917 bits per heavy atom. The number of nitrogens with zero attached hydrogens (tertiary/aromatic N) is 1. The van der Waals surface area contributed by atoms with Crippen LogP contribution >= 0.6 is 15.9 Å². The van der Waals surface area contributed by atoms with E-state index in [0.29, 0.717) is 23.2 Å². The van der Waals surface area contributed by atoms with Gasteiger partial charge in [0.1, 0.15) is 0 Å². The van der Waals surface area contributed by atoms with Crippen molar-refractivity contribution in [1.29, 1.82) is 0 Å². The highest BCUT2D eigenvalue weighted by molar-refractivity contribution is 9.10. The van der Waals surface area contributed by atoms with Gasteiger partial charge in [0.25, 0.3) is 0 Å². The zero-order valence-electron chi connectivity index (χ0n) is 20.4. The molecule has 0 unspecified atom stereocenters. The first kappa shape index (κ1) is 23.2. The summed E-state index contributed by atoms with van der Waals surface area (Å²) in [6.07, 6.45) is 0.831.